The highest BCUT2D eigenvalue weighted by Gasteiger charge is 2.30. The first kappa shape index (κ1) is 15.3. The van der Waals surface area contributed by atoms with Crippen LogP contribution in [0.25, 0.3) is 0 Å². The van der Waals surface area contributed by atoms with Gasteiger partial charge in [-0.25, -0.2) is 18.5 Å². The Balaban J connectivity index is 2.15. The summed E-state index contributed by atoms with van der Waals surface area (Å²) in [7, 11) is -3.86. The molecule has 0 aliphatic carbocycles. The molecule has 9 heteroatoms. The van der Waals surface area contributed by atoms with Gasteiger partial charge in [0.25, 0.3) is 0 Å². The predicted octanol–water partition coefficient (Wildman–Crippen LogP) is 2.54. The van der Waals surface area contributed by atoms with Gasteiger partial charge in [0.2, 0.25) is 15.9 Å². The van der Waals surface area contributed by atoms with E-state index in [0.717, 1.165) is 30.5 Å². The quantitative estimate of drug-likeness (QED) is 0.943. The summed E-state index contributed by atoms with van der Waals surface area (Å²) in [4.78, 5) is 3.52. The third-order valence-corrected chi connectivity index (χ3v) is 3.34. The number of rotatable bonds is 3. The van der Waals surface area contributed by atoms with Crippen LogP contribution in [-0.2, 0) is 16.2 Å². The molecule has 2 aromatic rings. The number of alkyl halides is 3. The molecule has 0 aliphatic rings. The lowest BCUT2D eigenvalue weighted by Gasteiger charge is -2.08. The normalized spacial score (nSPS) is 12.2. The molecule has 5 nitrogen and oxygen atoms in total. The second-order valence-electron chi connectivity index (χ2n) is 4.00. The van der Waals surface area contributed by atoms with Crippen molar-refractivity contribution in [3.05, 3.63) is 48.2 Å². The van der Waals surface area contributed by atoms with E-state index >= 15 is 0 Å². The van der Waals surface area contributed by atoms with E-state index in [1.807, 2.05) is 0 Å². The Hall–Kier alpha value is -2.13. The SMILES string of the molecule is NS(=O)(=O)c1ccc(Oc2ccc(C(F)(F)F)cc2)nc1. The standard InChI is InChI=1S/C12H9F3N2O3S/c13-12(14,15)8-1-3-9(4-2-8)20-11-6-5-10(7-17-11)21(16,18)19/h1-7H,(H2,16,18,19). The molecule has 0 aliphatic heterocycles. The number of nitrogens with zero attached hydrogens (tertiary/aromatic N) is 1. The van der Waals surface area contributed by atoms with E-state index in [1.54, 1.807) is 0 Å². The highest BCUT2D eigenvalue weighted by atomic mass is 32.2. The number of pyridine rings is 1. The van der Waals surface area contributed by atoms with Crippen LogP contribution in [0.3, 0.4) is 0 Å². The number of aromatic nitrogens is 1. The molecule has 21 heavy (non-hydrogen) atoms. The van der Waals surface area contributed by atoms with Crippen molar-refractivity contribution in [1.82, 2.24) is 4.98 Å². The lowest BCUT2D eigenvalue weighted by Crippen LogP contribution is -2.12. The highest BCUT2D eigenvalue weighted by molar-refractivity contribution is 7.89. The summed E-state index contributed by atoms with van der Waals surface area (Å²) in [6.45, 7) is 0. The fraction of sp³-hybridized carbons (Fsp3) is 0.0833. The van der Waals surface area contributed by atoms with Crippen molar-refractivity contribution in [3.8, 4) is 11.6 Å². The number of hydrogen-bond acceptors (Lipinski definition) is 4. The van der Waals surface area contributed by atoms with E-state index in [4.69, 9.17) is 9.88 Å². The first-order valence-corrected chi connectivity index (χ1v) is 7.05. The molecule has 112 valence electrons. The maximum absolute atomic E-state index is 12.4. The minimum absolute atomic E-state index is 0.0298. The van der Waals surface area contributed by atoms with Crippen molar-refractivity contribution in [2.75, 3.05) is 0 Å². The molecule has 2 N–H and O–H groups in total. The van der Waals surface area contributed by atoms with E-state index in [9.17, 15) is 21.6 Å². The zero-order valence-corrected chi connectivity index (χ0v) is 11.1. The molecule has 0 amide bonds. The monoisotopic (exact) mass is 318 g/mol. The topological polar surface area (TPSA) is 82.3 Å². The molecular weight excluding hydrogens is 309 g/mol. The van der Waals surface area contributed by atoms with Crippen LogP contribution >= 0.6 is 0 Å². The summed E-state index contributed by atoms with van der Waals surface area (Å²) in [6, 6.07) is 6.44. The van der Waals surface area contributed by atoms with E-state index in [-0.39, 0.29) is 16.5 Å². The van der Waals surface area contributed by atoms with Gasteiger partial charge in [-0.1, -0.05) is 0 Å². The van der Waals surface area contributed by atoms with Crippen LogP contribution in [0, 0.1) is 0 Å². The molecule has 1 heterocycles. The third kappa shape index (κ3) is 3.92. The maximum Gasteiger partial charge on any atom is 0.416 e. The van der Waals surface area contributed by atoms with Crippen LogP contribution in [0.1, 0.15) is 5.56 Å². The Bertz CT molecular complexity index is 726. The molecule has 1 aromatic carbocycles. The first-order valence-electron chi connectivity index (χ1n) is 5.50. The van der Waals surface area contributed by atoms with Crippen molar-refractivity contribution in [3.63, 3.8) is 0 Å². The summed E-state index contributed by atoms with van der Waals surface area (Å²) in [5.41, 5.74) is -0.799. The van der Waals surface area contributed by atoms with Gasteiger partial charge in [-0.3, -0.25) is 0 Å². The Morgan fingerprint density at radius 2 is 1.67 bits per heavy atom. The van der Waals surface area contributed by atoms with Crippen LogP contribution in [0.2, 0.25) is 0 Å². The average molecular weight is 318 g/mol. The number of nitrogens with two attached hydrogens (primary N) is 1. The van der Waals surface area contributed by atoms with Crippen molar-refractivity contribution in [2.24, 2.45) is 5.14 Å². The number of benzene rings is 1. The van der Waals surface area contributed by atoms with Crippen molar-refractivity contribution in [2.45, 2.75) is 11.1 Å². The molecule has 2 rings (SSSR count). The Morgan fingerprint density at radius 3 is 2.10 bits per heavy atom. The summed E-state index contributed by atoms with van der Waals surface area (Å²) in [5.74, 6) is 0.168. The van der Waals surface area contributed by atoms with E-state index in [2.05, 4.69) is 4.98 Å². The van der Waals surface area contributed by atoms with E-state index < -0.39 is 21.8 Å². The Labute approximate surface area is 118 Å². The van der Waals surface area contributed by atoms with Gasteiger partial charge in [-0.2, -0.15) is 13.2 Å². The predicted molar refractivity (Wildman–Crippen MR) is 67.1 cm³/mol. The molecule has 0 unspecified atom stereocenters. The molecule has 0 fully saturated rings. The van der Waals surface area contributed by atoms with Gasteiger partial charge in [-0.15, -0.1) is 0 Å². The number of ether oxygens (including phenoxy) is 1. The molecule has 0 radical (unpaired) electrons. The van der Waals surface area contributed by atoms with Gasteiger partial charge in [0.15, 0.2) is 0 Å². The molecule has 0 saturated carbocycles. The third-order valence-electron chi connectivity index (χ3n) is 2.44. The number of sulfonamides is 1. The van der Waals surface area contributed by atoms with Crippen molar-refractivity contribution < 1.29 is 26.3 Å². The Morgan fingerprint density at radius 1 is 1.05 bits per heavy atom. The van der Waals surface area contributed by atoms with Gasteiger partial charge in [0, 0.05) is 6.07 Å². The van der Waals surface area contributed by atoms with Crippen LogP contribution in [0.4, 0.5) is 13.2 Å². The van der Waals surface area contributed by atoms with Gasteiger partial charge in [-0.05, 0) is 30.3 Å². The lowest BCUT2D eigenvalue weighted by molar-refractivity contribution is -0.137. The number of primary sulfonamides is 1. The fourth-order valence-corrected chi connectivity index (χ4v) is 1.89. The zero-order valence-electron chi connectivity index (χ0n) is 10.3. The van der Waals surface area contributed by atoms with E-state index in [0.29, 0.717) is 0 Å². The van der Waals surface area contributed by atoms with Gasteiger partial charge >= 0.3 is 6.18 Å². The fourth-order valence-electron chi connectivity index (χ4n) is 1.43. The average Bonchev–Trinajstić information content (AvgIpc) is 2.38. The number of halogens is 3. The smallest absolute Gasteiger partial charge is 0.416 e. The summed E-state index contributed by atoms with van der Waals surface area (Å²) in [5, 5.41) is 4.90. The van der Waals surface area contributed by atoms with Crippen molar-refractivity contribution >= 4 is 10.0 Å². The summed E-state index contributed by atoms with van der Waals surface area (Å²) in [6.07, 6.45) is -3.43. The Kier molecular flexibility index (Phi) is 3.88. The molecule has 0 bridgehead atoms. The first-order chi connectivity index (χ1) is 9.66. The van der Waals surface area contributed by atoms with Crippen LogP contribution < -0.4 is 9.88 Å². The van der Waals surface area contributed by atoms with Gasteiger partial charge in [0.05, 0.1) is 11.8 Å². The van der Waals surface area contributed by atoms with Crippen LogP contribution in [0.5, 0.6) is 11.6 Å². The summed E-state index contributed by atoms with van der Waals surface area (Å²) < 4.78 is 64.4. The molecule has 0 saturated heterocycles. The van der Waals surface area contributed by atoms with Crippen LogP contribution in [-0.4, -0.2) is 13.4 Å². The largest absolute Gasteiger partial charge is 0.439 e. The molecule has 0 atom stereocenters. The molecule has 0 spiro atoms. The van der Waals surface area contributed by atoms with Gasteiger partial charge < -0.3 is 4.74 Å². The molecule has 1 aromatic heterocycles. The second-order valence-corrected chi connectivity index (χ2v) is 5.56. The minimum atomic E-state index is -4.42. The lowest BCUT2D eigenvalue weighted by atomic mass is 10.2. The highest BCUT2D eigenvalue weighted by Crippen LogP contribution is 2.31. The van der Waals surface area contributed by atoms with E-state index in [1.165, 1.54) is 12.1 Å². The number of hydrogen-bond donors (Lipinski definition) is 1. The zero-order chi connectivity index (χ0) is 15.7. The van der Waals surface area contributed by atoms with Crippen molar-refractivity contribution in [1.29, 1.82) is 0 Å². The van der Waals surface area contributed by atoms with Gasteiger partial charge in [0.1, 0.15) is 10.6 Å². The summed E-state index contributed by atoms with van der Waals surface area (Å²) >= 11 is 0. The maximum atomic E-state index is 12.4. The minimum Gasteiger partial charge on any atom is -0.439 e. The van der Waals surface area contributed by atoms with Crippen LogP contribution in [0.15, 0.2) is 47.5 Å². The second kappa shape index (κ2) is 5.34. The molecular formula is C12H9F3N2O3S.